The molecular weight excluding hydrogens is 741 g/mol. The summed E-state index contributed by atoms with van der Waals surface area (Å²) in [5.74, 6) is 0.663. The molecule has 0 bridgehead atoms. The fourth-order valence-corrected chi connectivity index (χ4v) is 11.1. The Labute approximate surface area is 351 Å². The van der Waals surface area contributed by atoms with Crippen molar-refractivity contribution in [3.8, 4) is 56.3 Å². The third kappa shape index (κ3) is 4.28. The maximum atomic E-state index is 5.69. The minimum atomic E-state index is -0.143. The van der Waals surface area contributed by atoms with Crippen LogP contribution in [0.3, 0.4) is 0 Å². The summed E-state index contributed by atoms with van der Waals surface area (Å²) in [6.45, 7) is 4.69. The number of rotatable bonds is 2. The van der Waals surface area contributed by atoms with Crippen LogP contribution in [0, 0.1) is 0 Å². The molecule has 0 saturated heterocycles. The normalized spacial score (nSPS) is 13.5. The first kappa shape index (κ1) is 33.1. The molecule has 9 aromatic carbocycles. The second-order valence-electron chi connectivity index (χ2n) is 17.3. The lowest BCUT2D eigenvalue weighted by Gasteiger charge is -2.22. The Bertz CT molecular complexity index is 3920. The molecule has 0 radical (unpaired) electrons. The smallest absolute Gasteiger partial charge is 0.235 e. The van der Waals surface area contributed by atoms with Crippen molar-refractivity contribution in [3.63, 3.8) is 0 Å². The molecule has 0 amide bonds. The first-order chi connectivity index (χ1) is 30.0. The molecule has 4 heteroatoms. The summed E-state index contributed by atoms with van der Waals surface area (Å²) in [6.07, 6.45) is 0. The average Bonchev–Trinajstić information content (AvgIpc) is 3.86. The summed E-state index contributed by atoms with van der Waals surface area (Å²) < 4.78 is 4.81. The van der Waals surface area contributed by atoms with E-state index in [9.17, 15) is 0 Å². The quantitative estimate of drug-likeness (QED) is 0.164. The molecule has 1 aliphatic heterocycles. The SMILES string of the molecule is CC1(C)c2ccccc2-c2ccc(-c3nc(-n4c5ccccc5c5cc6c(cc54)c4cccc5c4n6-c4ccccc4-c4ccccc4-5)nc4ccc5ccccc5c34)cc21. The van der Waals surface area contributed by atoms with Crippen LogP contribution in [0.1, 0.15) is 25.0 Å². The first-order valence-corrected chi connectivity index (χ1v) is 21.2. The molecule has 12 aromatic rings. The fraction of sp³-hybridized carbons (Fsp3) is 0.0526. The van der Waals surface area contributed by atoms with Gasteiger partial charge in [0.1, 0.15) is 0 Å². The topological polar surface area (TPSA) is 35.6 Å². The Balaban J connectivity index is 1.09. The van der Waals surface area contributed by atoms with Gasteiger partial charge < -0.3 is 4.57 Å². The van der Waals surface area contributed by atoms with E-state index >= 15 is 0 Å². The number of benzene rings is 9. The van der Waals surface area contributed by atoms with Gasteiger partial charge in [-0.2, -0.15) is 0 Å². The third-order valence-corrected chi connectivity index (χ3v) is 13.9. The van der Waals surface area contributed by atoms with Gasteiger partial charge in [-0.1, -0.05) is 159 Å². The van der Waals surface area contributed by atoms with Crippen LogP contribution in [-0.2, 0) is 5.41 Å². The molecule has 4 heterocycles. The minimum absolute atomic E-state index is 0.143. The van der Waals surface area contributed by atoms with Crippen LogP contribution in [0.2, 0.25) is 0 Å². The van der Waals surface area contributed by atoms with Crippen LogP contribution in [0.5, 0.6) is 0 Å². The summed E-state index contributed by atoms with van der Waals surface area (Å²) >= 11 is 0. The number of fused-ring (bicyclic) bond motifs is 17. The highest BCUT2D eigenvalue weighted by Gasteiger charge is 2.36. The fourth-order valence-electron chi connectivity index (χ4n) is 11.1. The summed E-state index contributed by atoms with van der Waals surface area (Å²) in [4.78, 5) is 11.2. The summed E-state index contributed by atoms with van der Waals surface area (Å²) in [6, 6.07) is 66.8. The Hall–Kier alpha value is -7.82. The van der Waals surface area contributed by atoms with E-state index in [1.54, 1.807) is 0 Å². The highest BCUT2D eigenvalue weighted by molar-refractivity contribution is 6.22. The van der Waals surface area contributed by atoms with Crippen molar-refractivity contribution in [3.05, 3.63) is 193 Å². The van der Waals surface area contributed by atoms with Crippen LogP contribution < -0.4 is 0 Å². The average molecular weight is 777 g/mol. The van der Waals surface area contributed by atoms with Gasteiger partial charge in [-0.15, -0.1) is 0 Å². The Morgan fingerprint density at radius 2 is 1.05 bits per heavy atom. The number of aromatic nitrogens is 4. The lowest BCUT2D eigenvalue weighted by Crippen LogP contribution is -2.15. The van der Waals surface area contributed by atoms with Gasteiger partial charge >= 0.3 is 0 Å². The Morgan fingerprint density at radius 1 is 0.410 bits per heavy atom. The molecule has 284 valence electrons. The summed E-state index contributed by atoms with van der Waals surface area (Å²) in [7, 11) is 0. The van der Waals surface area contributed by atoms with Gasteiger partial charge in [0.2, 0.25) is 5.95 Å². The van der Waals surface area contributed by atoms with E-state index in [0.717, 1.165) is 38.6 Å². The van der Waals surface area contributed by atoms with Crippen molar-refractivity contribution in [1.82, 2.24) is 19.1 Å². The maximum absolute atomic E-state index is 5.69. The molecule has 61 heavy (non-hydrogen) atoms. The van der Waals surface area contributed by atoms with Gasteiger partial charge in [-0.3, -0.25) is 4.57 Å². The van der Waals surface area contributed by atoms with Crippen molar-refractivity contribution >= 4 is 65.3 Å². The Morgan fingerprint density at radius 3 is 1.92 bits per heavy atom. The van der Waals surface area contributed by atoms with Gasteiger partial charge in [-0.05, 0) is 80.6 Å². The number of para-hydroxylation sites is 3. The predicted octanol–water partition coefficient (Wildman–Crippen LogP) is 14.6. The van der Waals surface area contributed by atoms with Crippen molar-refractivity contribution in [2.75, 3.05) is 0 Å². The monoisotopic (exact) mass is 776 g/mol. The van der Waals surface area contributed by atoms with E-state index in [4.69, 9.17) is 9.97 Å². The minimum Gasteiger partial charge on any atom is -0.308 e. The van der Waals surface area contributed by atoms with Gasteiger partial charge in [0, 0.05) is 49.0 Å². The molecule has 1 aliphatic carbocycles. The van der Waals surface area contributed by atoms with Crippen molar-refractivity contribution in [1.29, 1.82) is 0 Å². The number of hydrogen-bond acceptors (Lipinski definition) is 2. The zero-order chi connectivity index (χ0) is 40.1. The first-order valence-electron chi connectivity index (χ1n) is 21.2. The standard InChI is InChI=1S/C57H36N4/c1-57(2)46-23-10-7-18-38(46)39-28-26-34(30-47(39)57)54-53-35-15-4-3-14-33(35)27-29-48(53)58-56(59-54)61-50-25-12-9-20-41(50)44-31-51-45(32-52(44)61)43-22-13-21-42-37-17-6-5-16-36(37)40-19-8-11-24-49(40)60(51)55(42)43/h3-32H,1-2H3. The molecular formula is C57H36N4. The van der Waals surface area contributed by atoms with E-state index in [2.05, 4.69) is 205 Å². The molecule has 0 N–H and O–H groups in total. The van der Waals surface area contributed by atoms with Crippen LogP contribution in [0.15, 0.2) is 182 Å². The van der Waals surface area contributed by atoms with Gasteiger partial charge in [0.25, 0.3) is 0 Å². The molecule has 0 fully saturated rings. The van der Waals surface area contributed by atoms with Crippen molar-refractivity contribution in [2.24, 2.45) is 0 Å². The van der Waals surface area contributed by atoms with Gasteiger partial charge in [0.15, 0.2) is 0 Å². The molecule has 3 aromatic heterocycles. The highest BCUT2D eigenvalue weighted by atomic mass is 15.2. The largest absolute Gasteiger partial charge is 0.308 e. The highest BCUT2D eigenvalue weighted by Crippen LogP contribution is 2.51. The van der Waals surface area contributed by atoms with E-state index in [0.29, 0.717) is 5.95 Å². The van der Waals surface area contributed by atoms with Crippen LogP contribution in [0.4, 0.5) is 0 Å². The maximum Gasteiger partial charge on any atom is 0.235 e. The number of nitrogens with zero attached hydrogens (tertiary/aromatic N) is 4. The van der Waals surface area contributed by atoms with E-state index < -0.39 is 0 Å². The van der Waals surface area contributed by atoms with E-state index in [1.807, 2.05) is 0 Å². The van der Waals surface area contributed by atoms with Crippen molar-refractivity contribution in [2.45, 2.75) is 19.3 Å². The molecule has 14 rings (SSSR count). The zero-order valence-electron chi connectivity index (χ0n) is 33.6. The molecule has 4 nitrogen and oxygen atoms in total. The Kier molecular flexibility index (Phi) is 6.33. The van der Waals surface area contributed by atoms with E-state index in [1.165, 1.54) is 88.2 Å². The van der Waals surface area contributed by atoms with Gasteiger partial charge in [-0.25, -0.2) is 9.97 Å². The lowest BCUT2D eigenvalue weighted by molar-refractivity contribution is 0.660. The molecule has 0 spiro atoms. The van der Waals surface area contributed by atoms with Crippen LogP contribution in [0.25, 0.3) is 122 Å². The third-order valence-electron chi connectivity index (χ3n) is 13.9. The van der Waals surface area contributed by atoms with Gasteiger partial charge in [0.05, 0.1) is 39.0 Å². The zero-order valence-corrected chi connectivity index (χ0v) is 33.6. The van der Waals surface area contributed by atoms with Crippen LogP contribution in [-0.4, -0.2) is 19.1 Å². The molecule has 0 atom stereocenters. The molecule has 2 aliphatic rings. The summed E-state index contributed by atoms with van der Waals surface area (Å²) in [5.41, 5.74) is 18.9. The molecule has 0 saturated carbocycles. The summed E-state index contributed by atoms with van der Waals surface area (Å²) in [5, 5.41) is 8.17. The van der Waals surface area contributed by atoms with Crippen LogP contribution >= 0.6 is 0 Å². The lowest BCUT2D eigenvalue weighted by atomic mass is 9.81. The van der Waals surface area contributed by atoms with Crippen molar-refractivity contribution < 1.29 is 0 Å². The predicted molar refractivity (Wildman–Crippen MR) is 253 cm³/mol. The second kappa shape index (κ2) is 11.7. The second-order valence-corrected chi connectivity index (χ2v) is 17.3. The number of hydrogen-bond donors (Lipinski definition) is 0. The molecule has 0 unspecified atom stereocenters. The van der Waals surface area contributed by atoms with E-state index in [-0.39, 0.29) is 5.41 Å².